The van der Waals surface area contributed by atoms with E-state index in [1.165, 1.54) is 5.56 Å². The van der Waals surface area contributed by atoms with Crippen LogP contribution in [0.1, 0.15) is 22.7 Å². The number of sulfonamides is 1. The molecule has 1 N–H and O–H groups in total. The standard InChI is InChI=1S/C24H26N2O3S/c1-19-11-13-20(14-12-19)24(22-9-5-6-10-23(22)27)25-15-17-26(18-16-25)30(28,29)21-7-3-2-4-8-21/h2-14,24,27H,15-18H2,1H3. The van der Waals surface area contributed by atoms with Crippen molar-refractivity contribution in [3.8, 4) is 5.75 Å². The first-order valence-corrected chi connectivity index (χ1v) is 11.5. The van der Waals surface area contributed by atoms with Gasteiger partial charge in [0.2, 0.25) is 10.0 Å². The molecule has 1 atom stereocenters. The molecule has 30 heavy (non-hydrogen) atoms. The maximum atomic E-state index is 13.0. The minimum Gasteiger partial charge on any atom is -0.508 e. The molecule has 5 nitrogen and oxygen atoms in total. The fraction of sp³-hybridized carbons (Fsp3) is 0.250. The minimum absolute atomic E-state index is 0.131. The molecule has 0 aliphatic carbocycles. The Kier molecular flexibility index (Phi) is 5.90. The lowest BCUT2D eigenvalue weighted by atomic mass is 9.95. The Hall–Kier alpha value is -2.67. The molecule has 3 aromatic carbocycles. The van der Waals surface area contributed by atoms with E-state index in [4.69, 9.17) is 0 Å². The lowest BCUT2D eigenvalue weighted by Gasteiger charge is -2.39. The highest BCUT2D eigenvalue weighted by Crippen LogP contribution is 2.35. The minimum atomic E-state index is -3.50. The maximum Gasteiger partial charge on any atom is 0.243 e. The lowest BCUT2D eigenvalue weighted by molar-refractivity contribution is 0.154. The number of piperazine rings is 1. The topological polar surface area (TPSA) is 60.9 Å². The summed E-state index contributed by atoms with van der Waals surface area (Å²) in [5.41, 5.74) is 3.09. The molecule has 4 rings (SSSR count). The third kappa shape index (κ3) is 4.12. The number of benzene rings is 3. The number of aromatic hydroxyl groups is 1. The number of phenolic OH excluding ortho intramolecular Hbond substituents is 1. The van der Waals surface area contributed by atoms with Gasteiger partial charge in [-0.1, -0.05) is 66.2 Å². The number of para-hydroxylation sites is 1. The van der Waals surface area contributed by atoms with Crippen LogP contribution < -0.4 is 0 Å². The van der Waals surface area contributed by atoms with Crippen LogP contribution in [0.4, 0.5) is 0 Å². The van der Waals surface area contributed by atoms with E-state index in [9.17, 15) is 13.5 Å². The Labute approximate surface area is 178 Å². The summed E-state index contributed by atoms with van der Waals surface area (Å²) in [6, 6.07) is 24.1. The van der Waals surface area contributed by atoms with E-state index >= 15 is 0 Å². The first-order valence-electron chi connectivity index (χ1n) is 10.1. The molecular formula is C24H26N2O3S. The lowest BCUT2D eigenvalue weighted by Crippen LogP contribution is -2.49. The molecule has 1 aliphatic heterocycles. The first kappa shape index (κ1) is 20.6. The van der Waals surface area contributed by atoms with Gasteiger partial charge in [0.05, 0.1) is 10.9 Å². The molecule has 6 heteroatoms. The first-order chi connectivity index (χ1) is 14.5. The SMILES string of the molecule is Cc1ccc(C(c2ccccc2O)N2CCN(S(=O)(=O)c3ccccc3)CC2)cc1. The van der Waals surface area contributed by atoms with Gasteiger partial charge in [-0.05, 0) is 30.7 Å². The molecule has 0 spiro atoms. The summed E-state index contributed by atoms with van der Waals surface area (Å²) in [5.74, 6) is 0.252. The van der Waals surface area contributed by atoms with Gasteiger partial charge in [0.1, 0.15) is 5.75 Å². The van der Waals surface area contributed by atoms with Crippen molar-refractivity contribution < 1.29 is 13.5 Å². The number of aryl methyl sites for hydroxylation is 1. The van der Waals surface area contributed by atoms with Gasteiger partial charge >= 0.3 is 0 Å². The Morgan fingerprint density at radius 3 is 2.03 bits per heavy atom. The number of hydrogen-bond donors (Lipinski definition) is 1. The Balaban J connectivity index is 1.60. The predicted octanol–water partition coefficient (Wildman–Crippen LogP) is 3.80. The Morgan fingerprint density at radius 1 is 0.800 bits per heavy atom. The quantitative estimate of drug-likeness (QED) is 0.680. The van der Waals surface area contributed by atoms with Crippen molar-refractivity contribution in [2.75, 3.05) is 26.2 Å². The zero-order chi connectivity index (χ0) is 21.1. The van der Waals surface area contributed by atoms with Gasteiger partial charge in [-0.25, -0.2) is 8.42 Å². The molecule has 1 heterocycles. The average Bonchev–Trinajstić information content (AvgIpc) is 2.77. The molecule has 156 valence electrons. The molecule has 1 aliphatic rings. The molecule has 1 fully saturated rings. The van der Waals surface area contributed by atoms with Gasteiger partial charge in [-0.2, -0.15) is 4.31 Å². The summed E-state index contributed by atoms with van der Waals surface area (Å²) in [6.45, 7) is 4.03. The van der Waals surface area contributed by atoms with Crippen LogP contribution in [0.2, 0.25) is 0 Å². The summed E-state index contributed by atoms with van der Waals surface area (Å²) >= 11 is 0. The largest absolute Gasteiger partial charge is 0.508 e. The average molecular weight is 423 g/mol. The maximum absolute atomic E-state index is 13.0. The van der Waals surface area contributed by atoms with Crippen LogP contribution >= 0.6 is 0 Å². The van der Waals surface area contributed by atoms with E-state index in [0.717, 1.165) is 11.1 Å². The molecule has 0 radical (unpaired) electrons. The third-order valence-corrected chi connectivity index (χ3v) is 7.56. The van der Waals surface area contributed by atoms with Gasteiger partial charge in [-0.15, -0.1) is 0 Å². The molecule has 0 saturated carbocycles. The van der Waals surface area contributed by atoms with Crippen LogP contribution in [-0.4, -0.2) is 48.9 Å². The van der Waals surface area contributed by atoms with Crippen molar-refractivity contribution in [1.29, 1.82) is 0 Å². The number of rotatable bonds is 5. The smallest absolute Gasteiger partial charge is 0.243 e. The molecule has 0 bridgehead atoms. The van der Waals surface area contributed by atoms with Crippen LogP contribution in [0, 0.1) is 6.92 Å². The van der Waals surface area contributed by atoms with Crippen molar-refractivity contribution in [2.24, 2.45) is 0 Å². The van der Waals surface area contributed by atoms with Crippen molar-refractivity contribution in [2.45, 2.75) is 17.9 Å². The normalized spacial score (nSPS) is 17.0. The van der Waals surface area contributed by atoms with Crippen LogP contribution in [-0.2, 0) is 10.0 Å². The zero-order valence-corrected chi connectivity index (χ0v) is 17.8. The van der Waals surface area contributed by atoms with Crippen LogP contribution in [0.3, 0.4) is 0 Å². The number of nitrogens with zero attached hydrogens (tertiary/aromatic N) is 2. The Bertz CT molecular complexity index is 1090. The van der Waals surface area contributed by atoms with Gasteiger partial charge in [0, 0.05) is 31.7 Å². The molecule has 0 amide bonds. The van der Waals surface area contributed by atoms with Crippen molar-refractivity contribution in [3.05, 3.63) is 95.6 Å². The van der Waals surface area contributed by atoms with Crippen molar-refractivity contribution in [3.63, 3.8) is 0 Å². The highest BCUT2D eigenvalue weighted by Gasteiger charge is 2.32. The van der Waals surface area contributed by atoms with E-state index in [-0.39, 0.29) is 11.8 Å². The predicted molar refractivity (Wildman–Crippen MR) is 118 cm³/mol. The van der Waals surface area contributed by atoms with Crippen LogP contribution in [0.15, 0.2) is 83.8 Å². The number of phenols is 1. The fourth-order valence-electron chi connectivity index (χ4n) is 4.00. The van der Waals surface area contributed by atoms with E-state index in [0.29, 0.717) is 31.1 Å². The van der Waals surface area contributed by atoms with Gasteiger partial charge < -0.3 is 5.11 Å². The second kappa shape index (κ2) is 8.60. The van der Waals surface area contributed by atoms with Gasteiger partial charge in [0.15, 0.2) is 0 Å². The summed E-state index contributed by atoms with van der Waals surface area (Å²) in [4.78, 5) is 2.57. The van der Waals surface area contributed by atoms with Gasteiger partial charge in [-0.3, -0.25) is 4.90 Å². The van der Waals surface area contributed by atoms with E-state index < -0.39 is 10.0 Å². The van der Waals surface area contributed by atoms with Gasteiger partial charge in [0.25, 0.3) is 0 Å². The molecule has 1 saturated heterocycles. The molecular weight excluding hydrogens is 396 g/mol. The highest BCUT2D eigenvalue weighted by molar-refractivity contribution is 7.89. The summed E-state index contributed by atoms with van der Waals surface area (Å²) < 4.78 is 27.5. The van der Waals surface area contributed by atoms with E-state index in [1.807, 2.05) is 31.2 Å². The second-order valence-electron chi connectivity index (χ2n) is 7.63. The highest BCUT2D eigenvalue weighted by atomic mass is 32.2. The van der Waals surface area contributed by atoms with Crippen molar-refractivity contribution >= 4 is 10.0 Å². The second-order valence-corrected chi connectivity index (χ2v) is 9.56. The fourth-order valence-corrected chi connectivity index (χ4v) is 5.44. The third-order valence-electron chi connectivity index (χ3n) is 5.64. The monoisotopic (exact) mass is 422 g/mol. The Morgan fingerprint density at radius 2 is 1.40 bits per heavy atom. The summed E-state index contributed by atoms with van der Waals surface area (Å²) in [5, 5.41) is 10.5. The van der Waals surface area contributed by atoms with Crippen LogP contribution in [0.5, 0.6) is 5.75 Å². The molecule has 0 aromatic heterocycles. The summed E-state index contributed by atoms with van der Waals surface area (Å²) in [6.07, 6.45) is 0. The molecule has 1 unspecified atom stereocenters. The van der Waals surface area contributed by atoms with E-state index in [2.05, 4.69) is 29.2 Å². The van der Waals surface area contributed by atoms with E-state index in [1.54, 1.807) is 34.6 Å². The van der Waals surface area contributed by atoms with Crippen molar-refractivity contribution in [1.82, 2.24) is 9.21 Å². The molecule has 3 aromatic rings. The summed E-state index contributed by atoms with van der Waals surface area (Å²) in [7, 11) is -3.50. The van der Waals surface area contributed by atoms with Crippen LogP contribution in [0.25, 0.3) is 0 Å². The number of hydrogen-bond acceptors (Lipinski definition) is 4. The zero-order valence-electron chi connectivity index (χ0n) is 17.0.